The average molecular weight is 297 g/mol. The van der Waals surface area contributed by atoms with Crippen LogP contribution in [0.3, 0.4) is 0 Å². The van der Waals surface area contributed by atoms with E-state index < -0.39 is 0 Å². The number of unbranched alkanes of at least 4 members (excludes halogenated alkanes) is 3. The van der Waals surface area contributed by atoms with Crippen LogP contribution < -0.4 is 10.6 Å². The van der Waals surface area contributed by atoms with Gasteiger partial charge >= 0.3 is 0 Å². The molecule has 0 fully saturated rings. The summed E-state index contributed by atoms with van der Waals surface area (Å²) in [7, 11) is 1.80. The molecule has 1 rings (SSSR count). The maximum Gasteiger partial charge on any atom is 0.190 e. The first-order valence-electron chi connectivity index (χ1n) is 7.31. The summed E-state index contributed by atoms with van der Waals surface area (Å²) in [5.41, 5.74) is 1.17. The first-order valence-corrected chi connectivity index (χ1v) is 7.69. The highest BCUT2D eigenvalue weighted by Crippen LogP contribution is 2.05. The normalized spacial score (nSPS) is 11.4. The predicted molar refractivity (Wildman–Crippen MR) is 86.5 cm³/mol. The quantitative estimate of drug-likeness (QED) is 0.335. The van der Waals surface area contributed by atoms with Crippen LogP contribution in [-0.4, -0.2) is 31.1 Å². The second kappa shape index (κ2) is 10.5. The van der Waals surface area contributed by atoms with Gasteiger partial charge in [0.25, 0.3) is 0 Å². The van der Waals surface area contributed by atoms with Crippen molar-refractivity contribution in [3.63, 3.8) is 0 Å². The van der Waals surface area contributed by atoms with Crippen LogP contribution in [0.5, 0.6) is 0 Å². The lowest BCUT2D eigenvalue weighted by Gasteiger charge is -2.11. The van der Waals surface area contributed by atoms with E-state index >= 15 is 0 Å². The minimum Gasteiger partial charge on any atom is -0.356 e. The second-order valence-electron chi connectivity index (χ2n) is 4.73. The summed E-state index contributed by atoms with van der Waals surface area (Å²) >= 11 is 5.76. The van der Waals surface area contributed by atoms with Crippen LogP contribution in [0.2, 0.25) is 5.15 Å². The molecule has 0 amide bonds. The van der Waals surface area contributed by atoms with Gasteiger partial charge in [-0.1, -0.05) is 43.9 Å². The smallest absolute Gasteiger partial charge is 0.190 e. The number of nitrogens with zero attached hydrogens (tertiary/aromatic N) is 2. The molecule has 1 heterocycles. The van der Waals surface area contributed by atoms with Gasteiger partial charge in [-0.2, -0.15) is 0 Å². The highest BCUT2D eigenvalue weighted by Gasteiger charge is 1.98. The average Bonchev–Trinajstić information content (AvgIpc) is 2.47. The van der Waals surface area contributed by atoms with Gasteiger partial charge in [-0.05, 0) is 24.5 Å². The molecule has 1 aromatic heterocycles. The zero-order valence-corrected chi connectivity index (χ0v) is 13.2. The fourth-order valence-corrected chi connectivity index (χ4v) is 1.97. The summed E-state index contributed by atoms with van der Waals surface area (Å²) in [6.45, 7) is 4.03. The van der Waals surface area contributed by atoms with E-state index in [1.54, 1.807) is 7.05 Å². The van der Waals surface area contributed by atoms with Crippen molar-refractivity contribution in [1.82, 2.24) is 15.6 Å². The Morgan fingerprint density at radius 2 is 2.00 bits per heavy atom. The van der Waals surface area contributed by atoms with Gasteiger partial charge in [0.2, 0.25) is 0 Å². The highest BCUT2D eigenvalue weighted by molar-refractivity contribution is 6.29. The standard InChI is InChI=1S/C15H25ClN4/c1-3-4-5-6-10-18-15(17-2)19-11-9-13-7-8-14(16)20-12-13/h7-8,12H,3-6,9-11H2,1-2H3,(H2,17,18,19). The molecule has 0 aliphatic carbocycles. The number of rotatable bonds is 8. The van der Waals surface area contributed by atoms with E-state index in [1.165, 1.54) is 31.2 Å². The molecule has 5 heteroatoms. The lowest BCUT2D eigenvalue weighted by Crippen LogP contribution is -2.38. The maximum absolute atomic E-state index is 5.76. The van der Waals surface area contributed by atoms with Gasteiger partial charge in [0.1, 0.15) is 5.15 Å². The number of aliphatic imine (C=N–C) groups is 1. The Labute approximate surface area is 127 Å². The van der Waals surface area contributed by atoms with Crippen LogP contribution in [-0.2, 0) is 6.42 Å². The van der Waals surface area contributed by atoms with Crippen LogP contribution >= 0.6 is 11.6 Å². The van der Waals surface area contributed by atoms with Crippen molar-refractivity contribution >= 4 is 17.6 Å². The zero-order chi connectivity index (χ0) is 14.6. The minimum atomic E-state index is 0.534. The minimum absolute atomic E-state index is 0.534. The summed E-state index contributed by atoms with van der Waals surface area (Å²) in [6.07, 6.45) is 7.75. The molecule has 0 radical (unpaired) electrons. The summed E-state index contributed by atoms with van der Waals surface area (Å²) in [6, 6.07) is 3.82. The molecular weight excluding hydrogens is 272 g/mol. The summed E-state index contributed by atoms with van der Waals surface area (Å²) in [4.78, 5) is 8.28. The Kier molecular flexibility index (Phi) is 8.79. The van der Waals surface area contributed by atoms with Crippen LogP contribution in [0.25, 0.3) is 0 Å². The molecule has 0 aliphatic rings. The van der Waals surface area contributed by atoms with E-state index in [1.807, 2.05) is 18.3 Å². The first kappa shape index (κ1) is 16.8. The van der Waals surface area contributed by atoms with Gasteiger partial charge in [-0.3, -0.25) is 4.99 Å². The molecule has 0 saturated heterocycles. The van der Waals surface area contributed by atoms with Crippen LogP contribution in [0, 0.1) is 0 Å². The number of hydrogen-bond acceptors (Lipinski definition) is 2. The predicted octanol–water partition coefficient (Wildman–Crippen LogP) is 3.02. The van der Waals surface area contributed by atoms with Gasteiger partial charge in [0, 0.05) is 26.3 Å². The highest BCUT2D eigenvalue weighted by atomic mass is 35.5. The third-order valence-corrected chi connectivity index (χ3v) is 3.26. The van der Waals surface area contributed by atoms with Crippen LogP contribution in [0.1, 0.15) is 38.2 Å². The molecule has 0 atom stereocenters. The van der Waals surface area contributed by atoms with Gasteiger partial charge in [0.05, 0.1) is 0 Å². The monoisotopic (exact) mass is 296 g/mol. The fraction of sp³-hybridized carbons (Fsp3) is 0.600. The Morgan fingerprint density at radius 1 is 1.20 bits per heavy atom. The largest absolute Gasteiger partial charge is 0.356 e. The molecule has 0 spiro atoms. The van der Waals surface area contributed by atoms with Crippen molar-refractivity contribution in [3.05, 3.63) is 29.0 Å². The van der Waals surface area contributed by atoms with Crippen LogP contribution in [0.15, 0.2) is 23.3 Å². The van der Waals surface area contributed by atoms with Crippen LogP contribution in [0.4, 0.5) is 0 Å². The molecule has 0 bridgehead atoms. The molecule has 0 aliphatic heterocycles. The van der Waals surface area contributed by atoms with Crippen molar-refractivity contribution in [2.45, 2.75) is 39.0 Å². The Hall–Kier alpha value is -1.29. The molecule has 112 valence electrons. The summed E-state index contributed by atoms with van der Waals surface area (Å²) in [5, 5.41) is 7.16. The Balaban J connectivity index is 2.16. The molecular formula is C15H25ClN4. The Bertz CT molecular complexity index is 389. The van der Waals surface area contributed by atoms with Gasteiger partial charge < -0.3 is 10.6 Å². The fourth-order valence-electron chi connectivity index (χ4n) is 1.86. The van der Waals surface area contributed by atoms with E-state index in [4.69, 9.17) is 11.6 Å². The van der Waals surface area contributed by atoms with Gasteiger partial charge in [-0.15, -0.1) is 0 Å². The number of hydrogen-bond donors (Lipinski definition) is 2. The lowest BCUT2D eigenvalue weighted by molar-refractivity contribution is 0.647. The molecule has 2 N–H and O–H groups in total. The van der Waals surface area contributed by atoms with E-state index in [-0.39, 0.29) is 0 Å². The third kappa shape index (κ3) is 7.34. The third-order valence-electron chi connectivity index (χ3n) is 3.04. The number of nitrogens with one attached hydrogen (secondary N) is 2. The number of aromatic nitrogens is 1. The maximum atomic E-state index is 5.76. The molecule has 0 unspecified atom stereocenters. The van der Waals surface area contributed by atoms with E-state index in [0.29, 0.717) is 5.15 Å². The second-order valence-corrected chi connectivity index (χ2v) is 5.11. The van der Waals surface area contributed by atoms with Gasteiger partial charge in [-0.25, -0.2) is 4.98 Å². The number of halogens is 1. The van der Waals surface area contributed by atoms with Crippen molar-refractivity contribution in [2.24, 2.45) is 4.99 Å². The Morgan fingerprint density at radius 3 is 2.65 bits per heavy atom. The zero-order valence-electron chi connectivity index (χ0n) is 12.5. The first-order chi connectivity index (χ1) is 9.76. The van der Waals surface area contributed by atoms with Crippen molar-refractivity contribution in [1.29, 1.82) is 0 Å². The van der Waals surface area contributed by atoms with Crippen molar-refractivity contribution in [2.75, 3.05) is 20.1 Å². The molecule has 0 aromatic carbocycles. The summed E-state index contributed by atoms with van der Waals surface area (Å²) < 4.78 is 0. The van der Waals surface area contributed by atoms with E-state index in [2.05, 4.69) is 27.5 Å². The molecule has 20 heavy (non-hydrogen) atoms. The van der Waals surface area contributed by atoms with Crippen molar-refractivity contribution < 1.29 is 0 Å². The lowest BCUT2D eigenvalue weighted by atomic mass is 10.2. The molecule has 0 saturated carbocycles. The van der Waals surface area contributed by atoms with E-state index in [9.17, 15) is 0 Å². The summed E-state index contributed by atoms with van der Waals surface area (Å²) in [5.74, 6) is 0.864. The van der Waals surface area contributed by atoms with Gasteiger partial charge in [0.15, 0.2) is 5.96 Å². The van der Waals surface area contributed by atoms with E-state index in [0.717, 1.165) is 25.5 Å². The SMILES string of the molecule is CCCCCCNC(=NC)NCCc1ccc(Cl)nc1. The topological polar surface area (TPSA) is 49.3 Å². The molecule has 1 aromatic rings. The number of pyridine rings is 1. The molecule has 4 nitrogen and oxygen atoms in total. The number of guanidine groups is 1. The van der Waals surface area contributed by atoms with Crippen molar-refractivity contribution in [3.8, 4) is 0 Å².